The molecule has 3 nitrogen and oxygen atoms in total. The van der Waals surface area contributed by atoms with Crippen LogP contribution in [0.4, 0.5) is 0 Å². The third-order valence-electron chi connectivity index (χ3n) is 2.12. The second-order valence-corrected chi connectivity index (χ2v) is 7.53. The second-order valence-electron chi connectivity index (χ2n) is 3.20. The average Bonchev–Trinajstić information content (AvgIpc) is 2.14. The van der Waals surface area contributed by atoms with Crippen molar-refractivity contribution in [2.24, 2.45) is 0 Å². The molecule has 0 aliphatic carbocycles. The minimum Gasteiger partial charge on any atom is -0.324 e. The normalized spacial score (nSPS) is 16.6. The first-order chi connectivity index (χ1) is 6.39. The van der Waals surface area contributed by atoms with Crippen molar-refractivity contribution < 1.29 is 13.4 Å². The van der Waals surface area contributed by atoms with Crippen LogP contribution in [0.15, 0.2) is 0 Å². The maximum absolute atomic E-state index is 9.53. The molecule has 14 heavy (non-hydrogen) atoms. The Balaban J connectivity index is 4.09. The van der Waals surface area contributed by atoms with Gasteiger partial charge < -0.3 is 9.42 Å². The van der Waals surface area contributed by atoms with Gasteiger partial charge in [0.2, 0.25) is 0 Å². The second kappa shape index (κ2) is 6.46. The summed E-state index contributed by atoms with van der Waals surface area (Å²) in [6.07, 6.45) is 1.94. The van der Waals surface area contributed by atoms with Gasteiger partial charge in [0.15, 0.2) is 0 Å². The summed E-state index contributed by atoms with van der Waals surface area (Å²) in [5, 5.41) is 0. The van der Waals surface area contributed by atoms with E-state index in [4.69, 9.17) is 20.3 Å². The molecule has 86 valence electrons. The first kappa shape index (κ1) is 14.9. The number of hydrogen-bond acceptors (Lipinski definition) is 4. The summed E-state index contributed by atoms with van der Waals surface area (Å²) in [6, 6.07) is 0. The standard InChI is InChI=1S/C8H19O3PS2/c1-5-8(4,6-2)14-11-12(9,13)10-7-3/h5-7H2,1-4H3,(H,9,13). The van der Waals surface area contributed by atoms with Gasteiger partial charge >= 0.3 is 6.72 Å². The molecule has 0 heterocycles. The molecule has 0 spiro atoms. The van der Waals surface area contributed by atoms with Crippen LogP contribution in [-0.4, -0.2) is 16.2 Å². The summed E-state index contributed by atoms with van der Waals surface area (Å²) in [5.41, 5.74) is 0. The minimum atomic E-state index is -3.02. The monoisotopic (exact) mass is 258 g/mol. The number of hydrogen-bond donors (Lipinski definition) is 1. The van der Waals surface area contributed by atoms with Crippen LogP contribution in [0.5, 0.6) is 0 Å². The first-order valence-corrected chi connectivity index (χ1v) is 8.07. The molecule has 0 saturated carbocycles. The van der Waals surface area contributed by atoms with Crippen LogP contribution in [0, 0.1) is 0 Å². The van der Waals surface area contributed by atoms with E-state index >= 15 is 0 Å². The topological polar surface area (TPSA) is 38.7 Å². The van der Waals surface area contributed by atoms with Crippen molar-refractivity contribution in [1.29, 1.82) is 0 Å². The summed E-state index contributed by atoms with van der Waals surface area (Å²) in [4.78, 5) is 9.53. The van der Waals surface area contributed by atoms with E-state index in [1.54, 1.807) is 6.92 Å². The molecule has 0 radical (unpaired) electrons. The highest BCUT2D eigenvalue weighted by atomic mass is 32.5. The van der Waals surface area contributed by atoms with Crippen LogP contribution >= 0.6 is 18.8 Å². The van der Waals surface area contributed by atoms with Crippen LogP contribution in [-0.2, 0) is 20.3 Å². The Bertz CT molecular complexity index is 207. The zero-order valence-electron chi connectivity index (χ0n) is 9.15. The van der Waals surface area contributed by atoms with E-state index in [1.165, 1.54) is 12.0 Å². The Labute approximate surface area is 96.0 Å². The van der Waals surface area contributed by atoms with Gasteiger partial charge in [-0.25, -0.2) is 3.97 Å². The van der Waals surface area contributed by atoms with Crippen molar-refractivity contribution >= 4 is 30.6 Å². The average molecular weight is 258 g/mol. The molecule has 0 aromatic heterocycles. The van der Waals surface area contributed by atoms with Gasteiger partial charge in [0.05, 0.1) is 6.61 Å². The lowest BCUT2D eigenvalue weighted by Gasteiger charge is -2.26. The van der Waals surface area contributed by atoms with Crippen molar-refractivity contribution in [2.45, 2.75) is 45.3 Å². The Morgan fingerprint density at radius 1 is 1.36 bits per heavy atom. The van der Waals surface area contributed by atoms with Gasteiger partial charge in [0, 0.05) is 16.8 Å². The van der Waals surface area contributed by atoms with E-state index in [-0.39, 0.29) is 4.75 Å². The summed E-state index contributed by atoms with van der Waals surface area (Å²) >= 11 is 6.05. The molecule has 0 bridgehead atoms. The fraction of sp³-hybridized carbons (Fsp3) is 1.00. The van der Waals surface area contributed by atoms with Crippen LogP contribution in [0.2, 0.25) is 0 Å². The highest BCUT2D eigenvalue weighted by molar-refractivity contribution is 8.12. The van der Waals surface area contributed by atoms with Gasteiger partial charge in [-0.2, -0.15) is 0 Å². The molecule has 0 aliphatic rings. The van der Waals surface area contributed by atoms with Crippen molar-refractivity contribution in [1.82, 2.24) is 0 Å². The maximum atomic E-state index is 9.53. The van der Waals surface area contributed by atoms with Crippen molar-refractivity contribution in [3.05, 3.63) is 0 Å². The molecule has 0 saturated heterocycles. The SMILES string of the molecule is CCOP(O)(=S)OSC(C)(CC)CC. The summed E-state index contributed by atoms with van der Waals surface area (Å²) in [7, 11) is 0. The van der Waals surface area contributed by atoms with E-state index in [0.29, 0.717) is 6.61 Å². The van der Waals surface area contributed by atoms with Crippen molar-refractivity contribution in [3.63, 3.8) is 0 Å². The summed E-state index contributed by atoms with van der Waals surface area (Å²) in [5.74, 6) is 0. The molecule has 0 rings (SSSR count). The quantitative estimate of drug-likeness (QED) is 0.559. The maximum Gasteiger partial charge on any atom is 0.335 e. The third kappa shape index (κ3) is 5.69. The van der Waals surface area contributed by atoms with Gasteiger partial charge in [-0.05, 0) is 38.5 Å². The van der Waals surface area contributed by atoms with E-state index < -0.39 is 6.72 Å². The highest BCUT2D eigenvalue weighted by Gasteiger charge is 2.26. The lowest BCUT2D eigenvalue weighted by molar-refractivity contribution is 0.279. The highest BCUT2D eigenvalue weighted by Crippen LogP contribution is 2.51. The smallest absolute Gasteiger partial charge is 0.324 e. The third-order valence-corrected chi connectivity index (χ3v) is 5.60. The predicted octanol–water partition coefficient (Wildman–Crippen LogP) is 3.48. The molecule has 0 amide bonds. The summed E-state index contributed by atoms with van der Waals surface area (Å²) in [6.45, 7) is 5.39. The molecule has 0 aliphatic heterocycles. The number of rotatable bonds is 7. The van der Waals surface area contributed by atoms with E-state index in [1.807, 2.05) is 0 Å². The predicted molar refractivity (Wildman–Crippen MR) is 65.8 cm³/mol. The van der Waals surface area contributed by atoms with Crippen molar-refractivity contribution in [3.8, 4) is 0 Å². The largest absolute Gasteiger partial charge is 0.335 e. The molecule has 1 unspecified atom stereocenters. The molecule has 1 atom stereocenters. The Morgan fingerprint density at radius 3 is 2.21 bits per heavy atom. The van der Waals surface area contributed by atoms with E-state index in [9.17, 15) is 4.89 Å². The zero-order valence-corrected chi connectivity index (χ0v) is 11.7. The van der Waals surface area contributed by atoms with Gasteiger partial charge in [-0.3, -0.25) is 0 Å². The lowest BCUT2D eigenvalue weighted by Crippen LogP contribution is -2.17. The molecule has 0 aromatic carbocycles. The first-order valence-electron chi connectivity index (χ1n) is 4.74. The Kier molecular flexibility index (Phi) is 6.87. The van der Waals surface area contributed by atoms with Crippen LogP contribution in [0.1, 0.15) is 40.5 Å². The van der Waals surface area contributed by atoms with Crippen LogP contribution in [0.3, 0.4) is 0 Å². The fourth-order valence-electron chi connectivity index (χ4n) is 0.690. The molecule has 1 N–H and O–H groups in total. The van der Waals surface area contributed by atoms with Crippen LogP contribution < -0.4 is 0 Å². The van der Waals surface area contributed by atoms with E-state index in [2.05, 4.69) is 20.8 Å². The lowest BCUT2D eigenvalue weighted by atomic mass is 10.1. The summed E-state index contributed by atoms with van der Waals surface area (Å²) < 4.78 is 10.1. The molecule has 0 aromatic rings. The molecular weight excluding hydrogens is 239 g/mol. The van der Waals surface area contributed by atoms with E-state index in [0.717, 1.165) is 12.8 Å². The molecule has 6 heteroatoms. The van der Waals surface area contributed by atoms with Crippen LogP contribution in [0.25, 0.3) is 0 Å². The Hall–Kier alpha value is 0.880. The van der Waals surface area contributed by atoms with Gasteiger partial charge in [0.1, 0.15) is 0 Å². The molecular formula is C8H19O3PS2. The van der Waals surface area contributed by atoms with Crippen molar-refractivity contribution in [2.75, 3.05) is 6.61 Å². The van der Waals surface area contributed by atoms with Gasteiger partial charge in [-0.1, -0.05) is 13.8 Å². The fourth-order valence-corrected chi connectivity index (χ4v) is 3.11. The Morgan fingerprint density at radius 2 is 1.86 bits per heavy atom. The van der Waals surface area contributed by atoms with Gasteiger partial charge in [0.25, 0.3) is 0 Å². The zero-order chi connectivity index (χ0) is 11.2. The van der Waals surface area contributed by atoms with Gasteiger partial charge in [-0.15, -0.1) is 0 Å². The minimum absolute atomic E-state index is 0.00386. The molecule has 0 fully saturated rings.